The molecule has 0 atom stereocenters. The second kappa shape index (κ2) is 12.4. The maximum Gasteiger partial charge on any atom is 0.338 e. The number of fused-ring (bicyclic) bond motifs is 2. The van der Waals surface area contributed by atoms with Crippen LogP contribution in [0.3, 0.4) is 0 Å². The first-order chi connectivity index (χ1) is 20.2. The Kier molecular flexibility index (Phi) is 8.44. The lowest BCUT2D eigenvalue weighted by Gasteiger charge is -2.23. The Morgan fingerprint density at radius 3 is 2.40 bits per heavy atom. The Bertz CT molecular complexity index is 1550. The van der Waals surface area contributed by atoms with E-state index in [4.69, 9.17) is 14.2 Å². The highest BCUT2D eigenvalue weighted by Crippen LogP contribution is 2.41. The highest BCUT2D eigenvalue weighted by molar-refractivity contribution is 6.37. The minimum Gasteiger partial charge on any atom is -0.462 e. The van der Waals surface area contributed by atoms with Crippen LogP contribution < -0.4 is 25.0 Å². The third-order valence-electron chi connectivity index (χ3n) is 7.00. The van der Waals surface area contributed by atoms with Gasteiger partial charge in [0.25, 0.3) is 5.91 Å². The Labute approximate surface area is 244 Å². The van der Waals surface area contributed by atoms with Gasteiger partial charge in [-0.2, -0.15) is 0 Å². The van der Waals surface area contributed by atoms with E-state index in [2.05, 4.69) is 15.5 Å². The number of carbonyl (C=O) groups is 3. The molecule has 2 heterocycles. The highest BCUT2D eigenvalue weighted by Gasteiger charge is 2.30. The molecule has 10 heteroatoms. The number of anilines is 3. The van der Waals surface area contributed by atoms with Crippen molar-refractivity contribution in [3.63, 3.8) is 0 Å². The zero-order chi connectivity index (χ0) is 29.8. The number of nitrogens with one attached hydrogen (secondary N) is 2. The normalized spacial score (nSPS) is 14.4. The maximum atomic E-state index is 13.4. The van der Waals surface area contributed by atoms with E-state index in [1.165, 1.54) is 0 Å². The van der Waals surface area contributed by atoms with E-state index in [0.717, 1.165) is 24.3 Å². The average Bonchev–Trinajstić information content (AvgIpc) is 3.57. The number of nitrogens with zero attached hydrogens (tertiary/aromatic N) is 2. The van der Waals surface area contributed by atoms with E-state index in [9.17, 15) is 14.4 Å². The number of rotatable bonds is 10. The maximum absolute atomic E-state index is 13.4. The minimum absolute atomic E-state index is 0.0287. The summed E-state index contributed by atoms with van der Waals surface area (Å²) in [5, 5.41) is 6.32. The summed E-state index contributed by atoms with van der Waals surface area (Å²) >= 11 is 0. The monoisotopic (exact) mass is 570 g/mol. The van der Waals surface area contributed by atoms with Gasteiger partial charge in [-0.05, 0) is 88.6 Å². The molecular weight excluding hydrogens is 536 g/mol. The Hall–Kier alpha value is -4.83. The van der Waals surface area contributed by atoms with E-state index in [0.29, 0.717) is 51.7 Å². The lowest BCUT2D eigenvalue weighted by molar-refractivity contribution is -0.116. The molecule has 0 radical (unpaired) electrons. The summed E-state index contributed by atoms with van der Waals surface area (Å²) < 4.78 is 16.2. The molecule has 0 spiro atoms. The van der Waals surface area contributed by atoms with Crippen LogP contribution in [0.25, 0.3) is 11.3 Å². The van der Waals surface area contributed by atoms with Crippen molar-refractivity contribution >= 4 is 46.1 Å². The van der Waals surface area contributed by atoms with Gasteiger partial charge in [-0.1, -0.05) is 6.07 Å². The minimum atomic E-state index is -0.456. The molecule has 218 valence electrons. The van der Waals surface area contributed by atoms with Gasteiger partial charge in [0.1, 0.15) is 0 Å². The summed E-state index contributed by atoms with van der Waals surface area (Å²) in [6.07, 6.45) is 0.847. The number of amides is 2. The van der Waals surface area contributed by atoms with E-state index in [1.807, 2.05) is 50.5 Å². The van der Waals surface area contributed by atoms with Crippen LogP contribution in [0.2, 0.25) is 0 Å². The molecule has 0 bridgehead atoms. The van der Waals surface area contributed by atoms with Gasteiger partial charge in [0, 0.05) is 36.0 Å². The largest absolute Gasteiger partial charge is 0.462 e. The van der Waals surface area contributed by atoms with E-state index < -0.39 is 5.97 Å². The van der Waals surface area contributed by atoms with Crippen LogP contribution in [0.5, 0.6) is 11.5 Å². The molecule has 5 rings (SSSR count). The summed E-state index contributed by atoms with van der Waals surface area (Å²) in [6, 6.07) is 18.0. The van der Waals surface area contributed by atoms with Gasteiger partial charge in [-0.3, -0.25) is 9.59 Å². The van der Waals surface area contributed by atoms with Crippen molar-refractivity contribution in [3.8, 4) is 11.5 Å². The SMILES string of the molecule is CCOC(=O)c1ccc2c(c1)NC(=O)/C2=C(\Nc1ccc(N(CCCN(C)C)C(C)=O)cc1)c1ccc2c(c1)OCO2. The van der Waals surface area contributed by atoms with Crippen LogP contribution in [0.15, 0.2) is 60.7 Å². The Balaban J connectivity index is 1.51. The number of benzene rings is 3. The number of esters is 1. The van der Waals surface area contributed by atoms with Gasteiger partial charge >= 0.3 is 5.97 Å². The number of ether oxygens (including phenoxy) is 3. The van der Waals surface area contributed by atoms with Crippen molar-refractivity contribution < 1.29 is 28.6 Å². The molecule has 0 aliphatic carbocycles. The Morgan fingerprint density at radius 2 is 1.69 bits per heavy atom. The second-order valence-electron chi connectivity index (χ2n) is 10.3. The van der Waals surface area contributed by atoms with Crippen LogP contribution in [-0.4, -0.2) is 63.3 Å². The highest BCUT2D eigenvalue weighted by atomic mass is 16.7. The summed E-state index contributed by atoms with van der Waals surface area (Å²) in [7, 11) is 4.01. The average molecular weight is 571 g/mol. The van der Waals surface area contributed by atoms with E-state index in [-0.39, 0.29) is 25.2 Å². The van der Waals surface area contributed by atoms with Crippen LogP contribution in [-0.2, 0) is 14.3 Å². The molecule has 0 saturated heterocycles. The molecule has 2 N–H and O–H groups in total. The lowest BCUT2D eigenvalue weighted by Crippen LogP contribution is -2.31. The summed E-state index contributed by atoms with van der Waals surface area (Å²) in [6.45, 7) is 5.17. The van der Waals surface area contributed by atoms with Crippen LogP contribution in [0.1, 0.15) is 41.8 Å². The second-order valence-corrected chi connectivity index (χ2v) is 10.3. The van der Waals surface area contributed by atoms with Crippen molar-refractivity contribution in [1.29, 1.82) is 0 Å². The lowest BCUT2D eigenvalue weighted by atomic mass is 9.98. The third kappa shape index (κ3) is 6.08. The Morgan fingerprint density at radius 1 is 0.952 bits per heavy atom. The van der Waals surface area contributed by atoms with Gasteiger partial charge in [0.2, 0.25) is 12.7 Å². The molecule has 2 aliphatic rings. The summed E-state index contributed by atoms with van der Waals surface area (Å²) in [4.78, 5) is 42.0. The molecule has 0 fully saturated rings. The third-order valence-corrected chi connectivity index (χ3v) is 7.00. The van der Waals surface area contributed by atoms with Gasteiger partial charge in [0.15, 0.2) is 11.5 Å². The van der Waals surface area contributed by atoms with Crippen molar-refractivity contribution in [2.24, 2.45) is 0 Å². The molecule has 2 aliphatic heterocycles. The smallest absolute Gasteiger partial charge is 0.338 e. The van der Waals surface area contributed by atoms with Crippen molar-refractivity contribution in [3.05, 3.63) is 77.4 Å². The summed E-state index contributed by atoms with van der Waals surface area (Å²) in [5.41, 5.74) is 4.71. The van der Waals surface area contributed by atoms with Crippen molar-refractivity contribution in [1.82, 2.24) is 4.90 Å². The predicted molar refractivity (Wildman–Crippen MR) is 162 cm³/mol. The number of carbonyl (C=O) groups excluding carboxylic acids is 3. The molecule has 42 heavy (non-hydrogen) atoms. The zero-order valence-electron chi connectivity index (χ0n) is 24.2. The first-order valence-corrected chi connectivity index (χ1v) is 13.8. The van der Waals surface area contributed by atoms with Crippen molar-refractivity contribution in [2.75, 3.05) is 56.1 Å². The van der Waals surface area contributed by atoms with Gasteiger partial charge in [0.05, 0.1) is 29.1 Å². The quantitative estimate of drug-likeness (QED) is 0.264. The fourth-order valence-electron chi connectivity index (χ4n) is 4.98. The molecule has 3 aromatic carbocycles. The van der Waals surface area contributed by atoms with Gasteiger partial charge < -0.3 is 34.6 Å². The molecule has 0 unspecified atom stereocenters. The number of hydrogen-bond acceptors (Lipinski definition) is 8. The van der Waals surface area contributed by atoms with Crippen LogP contribution in [0.4, 0.5) is 17.1 Å². The van der Waals surface area contributed by atoms with E-state index in [1.54, 1.807) is 43.0 Å². The molecule has 3 aromatic rings. The molecule has 0 saturated carbocycles. The topological polar surface area (TPSA) is 109 Å². The number of hydrogen-bond donors (Lipinski definition) is 2. The summed E-state index contributed by atoms with van der Waals surface area (Å²) in [5.74, 6) is 0.406. The molecule has 2 amide bonds. The van der Waals surface area contributed by atoms with Gasteiger partial charge in [-0.25, -0.2) is 4.79 Å². The predicted octanol–water partition coefficient (Wildman–Crippen LogP) is 4.83. The van der Waals surface area contributed by atoms with Gasteiger partial charge in [-0.15, -0.1) is 0 Å². The molecule has 10 nitrogen and oxygen atoms in total. The van der Waals surface area contributed by atoms with E-state index >= 15 is 0 Å². The van der Waals surface area contributed by atoms with Crippen LogP contribution >= 0.6 is 0 Å². The molecule has 0 aromatic heterocycles. The fraction of sp³-hybridized carbons (Fsp3) is 0.281. The first-order valence-electron chi connectivity index (χ1n) is 13.8. The van der Waals surface area contributed by atoms with Crippen molar-refractivity contribution in [2.45, 2.75) is 20.3 Å². The fourth-order valence-corrected chi connectivity index (χ4v) is 4.98. The zero-order valence-corrected chi connectivity index (χ0v) is 24.2. The molecular formula is C32H34N4O6. The van der Waals surface area contributed by atoms with Crippen LogP contribution in [0, 0.1) is 0 Å². The first kappa shape index (κ1) is 28.7. The standard InChI is InChI=1S/C32H34N4O6/c1-5-40-32(39)22-7-13-25-26(17-22)34-31(38)29(25)30(21-8-14-27-28(18-21)42-19-41-27)33-23-9-11-24(12-10-23)36(20(2)37)16-6-15-35(3)4/h7-14,17-18,33H,5-6,15-16,19H2,1-4H3,(H,34,38)/b30-29-.